The molecular weight excluding hydrogens is 280 g/mol. The molecule has 1 spiro atoms. The van der Waals surface area contributed by atoms with Gasteiger partial charge in [0.1, 0.15) is 6.07 Å². The quantitative estimate of drug-likeness (QED) is 0.783. The number of aryl methyl sites for hydroxylation is 1. The molecule has 0 bridgehead atoms. The number of hydrogen-bond acceptors (Lipinski definition) is 4. The van der Waals surface area contributed by atoms with E-state index in [1.54, 1.807) is 35.1 Å². The largest absolute Gasteiger partial charge is 0.337 e. The summed E-state index contributed by atoms with van der Waals surface area (Å²) in [6.45, 7) is 4.82. The maximum absolute atomic E-state index is 12.4. The summed E-state index contributed by atoms with van der Waals surface area (Å²) < 4.78 is 1.60. The standard InChI is InChI=1S/C16H18N4O2/c1-15(2)8-16(4-11(5-17)13(15)21)9-20(10-16)14(22)12-6-18-19(3)7-12/h4,6-7H,8-10H2,1-3H3. The topological polar surface area (TPSA) is 79.0 Å². The van der Waals surface area contributed by atoms with Crippen molar-refractivity contribution in [1.82, 2.24) is 14.7 Å². The Morgan fingerprint density at radius 1 is 1.41 bits per heavy atom. The Morgan fingerprint density at radius 2 is 2.09 bits per heavy atom. The van der Waals surface area contributed by atoms with Crippen molar-refractivity contribution in [3.05, 3.63) is 29.6 Å². The number of nitrogens with zero attached hydrogens (tertiary/aromatic N) is 4. The minimum atomic E-state index is -0.552. The number of nitriles is 1. The van der Waals surface area contributed by atoms with Crippen LogP contribution in [0.25, 0.3) is 0 Å². The molecule has 3 rings (SSSR count). The minimum absolute atomic E-state index is 0.0552. The van der Waals surface area contributed by atoms with Gasteiger partial charge in [-0.1, -0.05) is 19.9 Å². The van der Waals surface area contributed by atoms with E-state index in [0.717, 1.165) is 0 Å². The summed E-state index contributed by atoms with van der Waals surface area (Å²) in [5.41, 5.74) is -0.0124. The van der Waals surface area contributed by atoms with E-state index in [2.05, 4.69) is 5.10 Å². The first-order valence-corrected chi connectivity index (χ1v) is 7.22. The second kappa shape index (κ2) is 4.54. The van der Waals surface area contributed by atoms with Crippen molar-refractivity contribution in [3.8, 4) is 6.07 Å². The molecule has 2 heterocycles. The summed E-state index contributed by atoms with van der Waals surface area (Å²) in [5.74, 6) is -0.155. The number of likely N-dealkylation sites (tertiary alicyclic amines) is 1. The van der Waals surface area contributed by atoms with Gasteiger partial charge in [0.25, 0.3) is 5.91 Å². The molecule has 1 aromatic rings. The summed E-state index contributed by atoms with van der Waals surface area (Å²) in [6, 6.07) is 2.01. The monoisotopic (exact) mass is 298 g/mol. The van der Waals surface area contributed by atoms with Crippen LogP contribution in [0.4, 0.5) is 0 Å². The lowest BCUT2D eigenvalue weighted by molar-refractivity contribution is -0.127. The van der Waals surface area contributed by atoms with Gasteiger partial charge in [0.05, 0.1) is 17.3 Å². The summed E-state index contributed by atoms with van der Waals surface area (Å²) >= 11 is 0. The van der Waals surface area contributed by atoms with Crippen LogP contribution in [0, 0.1) is 22.2 Å². The fourth-order valence-corrected chi connectivity index (χ4v) is 3.61. The normalized spacial score (nSPS) is 22.0. The van der Waals surface area contributed by atoms with E-state index in [1.165, 1.54) is 0 Å². The molecule has 6 heteroatoms. The Morgan fingerprint density at radius 3 is 2.64 bits per heavy atom. The highest BCUT2D eigenvalue weighted by molar-refractivity contribution is 6.04. The van der Waals surface area contributed by atoms with Crippen LogP contribution in [-0.4, -0.2) is 39.5 Å². The first kappa shape index (κ1) is 14.5. The average Bonchev–Trinajstić information content (AvgIpc) is 2.85. The summed E-state index contributed by atoms with van der Waals surface area (Å²) in [6.07, 6.45) is 5.69. The second-order valence-corrected chi connectivity index (χ2v) is 6.99. The predicted molar refractivity (Wildman–Crippen MR) is 78.6 cm³/mol. The maximum atomic E-state index is 12.4. The zero-order valence-electron chi connectivity index (χ0n) is 13.0. The molecule has 0 aromatic carbocycles. The smallest absolute Gasteiger partial charge is 0.257 e. The van der Waals surface area contributed by atoms with E-state index in [9.17, 15) is 14.9 Å². The number of amides is 1. The van der Waals surface area contributed by atoms with Crippen molar-refractivity contribution in [1.29, 1.82) is 5.26 Å². The Hall–Kier alpha value is -2.42. The van der Waals surface area contributed by atoms with Gasteiger partial charge in [-0.15, -0.1) is 0 Å². The van der Waals surface area contributed by atoms with Gasteiger partial charge >= 0.3 is 0 Å². The van der Waals surface area contributed by atoms with Gasteiger partial charge in [-0.3, -0.25) is 14.3 Å². The first-order chi connectivity index (χ1) is 10.3. The Balaban J connectivity index is 1.79. The van der Waals surface area contributed by atoms with Gasteiger partial charge in [0, 0.05) is 37.2 Å². The maximum Gasteiger partial charge on any atom is 0.257 e. The molecular formula is C16H18N4O2. The highest BCUT2D eigenvalue weighted by Crippen LogP contribution is 2.48. The third-order valence-electron chi connectivity index (χ3n) is 4.47. The lowest BCUT2D eigenvalue weighted by Gasteiger charge is -2.53. The molecule has 1 amide bonds. The summed E-state index contributed by atoms with van der Waals surface area (Å²) in [5, 5.41) is 13.2. The van der Waals surface area contributed by atoms with Crippen LogP contribution in [0.5, 0.6) is 0 Å². The molecule has 1 aliphatic carbocycles. The van der Waals surface area contributed by atoms with Gasteiger partial charge in [-0.05, 0) is 6.42 Å². The van der Waals surface area contributed by atoms with Gasteiger partial charge < -0.3 is 4.90 Å². The summed E-state index contributed by atoms with van der Waals surface area (Å²) in [4.78, 5) is 26.3. The van der Waals surface area contributed by atoms with Crippen LogP contribution in [0.2, 0.25) is 0 Å². The van der Waals surface area contributed by atoms with Crippen molar-refractivity contribution >= 4 is 11.7 Å². The van der Waals surface area contributed by atoms with E-state index in [0.29, 0.717) is 25.1 Å². The fraction of sp³-hybridized carbons (Fsp3) is 0.500. The predicted octanol–water partition coefficient (Wildman–Crippen LogP) is 1.31. The van der Waals surface area contributed by atoms with Crippen LogP contribution in [0.15, 0.2) is 24.0 Å². The SMILES string of the molecule is Cn1cc(C(=O)N2CC3(C=C(C#N)C(=O)C(C)(C)C3)C2)cn1. The number of Topliss-reactive ketones (excluding diaryl/α,β-unsaturated/α-hetero) is 1. The third-order valence-corrected chi connectivity index (χ3v) is 4.47. The number of allylic oxidation sites excluding steroid dienone is 1. The van der Waals surface area contributed by atoms with Gasteiger partial charge in [0.2, 0.25) is 0 Å². The average molecular weight is 298 g/mol. The first-order valence-electron chi connectivity index (χ1n) is 7.22. The molecule has 1 aliphatic heterocycles. The van der Waals surface area contributed by atoms with Crippen LogP contribution in [0.1, 0.15) is 30.6 Å². The molecule has 114 valence electrons. The number of carbonyl (C=O) groups excluding carboxylic acids is 2. The van der Waals surface area contributed by atoms with E-state index in [4.69, 9.17) is 0 Å². The molecule has 0 unspecified atom stereocenters. The molecule has 6 nitrogen and oxygen atoms in total. The molecule has 0 N–H and O–H groups in total. The number of hydrogen-bond donors (Lipinski definition) is 0. The highest BCUT2D eigenvalue weighted by Gasteiger charge is 2.52. The number of ketones is 1. The van der Waals surface area contributed by atoms with Crippen molar-refractivity contribution in [2.45, 2.75) is 20.3 Å². The molecule has 2 aliphatic rings. The van der Waals surface area contributed by atoms with Crippen LogP contribution < -0.4 is 0 Å². The lowest BCUT2D eigenvalue weighted by Crippen LogP contribution is -2.60. The van der Waals surface area contributed by atoms with E-state index < -0.39 is 5.41 Å². The number of rotatable bonds is 1. The number of aromatic nitrogens is 2. The second-order valence-electron chi connectivity index (χ2n) is 6.99. The van der Waals surface area contributed by atoms with Gasteiger partial charge in [-0.2, -0.15) is 10.4 Å². The van der Waals surface area contributed by atoms with Crippen molar-refractivity contribution in [2.75, 3.05) is 13.1 Å². The Kier molecular flexibility index (Phi) is 2.99. The Labute approximate surface area is 129 Å². The molecule has 0 radical (unpaired) electrons. The van der Waals surface area contributed by atoms with Crippen molar-refractivity contribution < 1.29 is 9.59 Å². The highest BCUT2D eigenvalue weighted by atomic mass is 16.2. The number of carbonyl (C=O) groups is 2. The van der Waals surface area contributed by atoms with E-state index >= 15 is 0 Å². The molecule has 0 saturated carbocycles. The van der Waals surface area contributed by atoms with Gasteiger partial charge in [0.15, 0.2) is 5.78 Å². The zero-order valence-corrected chi connectivity index (χ0v) is 13.0. The zero-order chi connectivity index (χ0) is 16.1. The molecule has 1 aromatic heterocycles. The van der Waals surface area contributed by atoms with Crippen molar-refractivity contribution in [3.63, 3.8) is 0 Å². The fourth-order valence-electron chi connectivity index (χ4n) is 3.61. The van der Waals surface area contributed by atoms with Crippen molar-refractivity contribution in [2.24, 2.45) is 17.9 Å². The minimum Gasteiger partial charge on any atom is -0.337 e. The van der Waals surface area contributed by atoms with Gasteiger partial charge in [-0.25, -0.2) is 0 Å². The molecule has 22 heavy (non-hydrogen) atoms. The van der Waals surface area contributed by atoms with E-state index in [-0.39, 0.29) is 22.7 Å². The van der Waals surface area contributed by atoms with Crippen LogP contribution in [0.3, 0.4) is 0 Å². The van der Waals surface area contributed by atoms with E-state index in [1.807, 2.05) is 19.9 Å². The Bertz CT molecular complexity index is 730. The molecule has 1 saturated heterocycles. The lowest BCUT2D eigenvalue weighted by atomic mass is 9.61. The van der Waals surface area contributed by atoms with Crippen LogP contribution in [-0.2, 0) is 11.8 Å². The molecule has 1 fully saturated rings. The molecule has 0 atom stereocenters. The van der Waals surface area contributed by atoms with Crippen LogP contribution >= 0.6 is 0 Å². The summed E-state index contributed by atoms with van der Waals surface area (Å²) in [7, 11) is 1.77. The third kappa shape index (κ3) is 2.13.